The first-order chi connectivity index (χ1) is 10.8. The van der Waals surface area contributed by atoms with Gasteiger partial charge in [0.1, 0.15) is 18.4 Å². The minimum atomic E-state index is -4.77. The second-order valence-corrected chi connectivity index (χ2v) is 5.19. The van der Waals surface area contributed by atoms with E-state index in [0.29, 0.717) is 5.76 Å². The summed E-state index contributed by atoms with van der Waals surface area (Å²) in [6.07, 6.45) is -4.86. The van der Waals surface area contributed by atoms with Crippen LogP contribution in [0, 0.1) is 0 Å². The zero-order chi connectivity index (χ0) is 17.0. The molecule has 4 nitrogen and oxygen atoms in total. The molecule has 0 spiro atoms. The van der Waals surface area contributed by atoms with Crippen LogP contribution in [0.5, 0.6) is 0 Å². The second-order valence-electron chi connectivity index (χ2n) is 5.19. The maximum Gasteiger partial charge on any atom is 0.420 e. The lowest BCUT2D eigenvalue weighted by Gasteiger charge is -2.36. The molecule has 1 aliphatic rings. The van der Waals surface area contributed by atoms with Gasteiger partial charge in [0.2, 0.25) is 0 Å². The van der Waals surface area contributed by atoms with E-state index in [0.717, 1.165) is 11.6 Å². The van der Waals surface area contributed by atoms with Crippen LogP contribution in [0.1, 0.15) is 5.56 Å². The van der Waals surface area contributed by atoms with Gasteiger partial charge in [-0.25, -0.2) is 0 Å². The summed E-state index contributed by atoms with van der Waals surface area (Å²) < 4.78 is 43.6. The number of hydrogen-bond donors (Lipinski definition) is 2. The number of hydrogen-bond acceptors (Lipinski definition) is 4. The fourth-order valence-electron chi connectivity index (χ4n) is 2.32. The lowest BCUT2D eigenvalue weighted by Crippen LogP contribution is -2.45. The number of benzene rings is 1. The van der Waals surface area contributed by atoms with Crippen molar-refractivity contribution in [1.82, 2.24) is 4.90 Å². The molecule has 7 heteroatoms. The molecule has 0 saturated carbocycles. The molecule has 2 atom stereocenters. The number of aliphatic hydroxyl groups is 2. The van der Waals surface area contributed by atoms with E-state index in [1.54, 1.807) is 0 Å². The topological polar surface area (TPSA) is 52.9 Å². The molecular formula is C16H18F3NO3. The predicted molar refractivity (Wildman–Crippen MR) is 78.1 cm³/mol. The minimum Gasteiger partial charge on any atom is -0.491 e. The number of halogens is 3. The molecule has 1 aromatic carbocycles. The lowest BCUT2D eigenvalue weighted by molar-refractivity contribution is -0.197. The summed E-state index contributed by atoms with van der Waals surface area (Å²) in [5.74, 6) is 0.344. The Labute approximate surface area is 132 Å². The average Bonchev–Trinajstić information content (AvgIpc) is 2.52. The summed E-state index contributed by atoms with van der Waals surface area (Å²) in [7, 11) is 1.38. The highest BCUT2D eigenvalue weighted by Crippen LogP contribution is 2.31. The highest BCUT2D eigenvalue weighted by molar-refractivity contribution is 5.28. The van der Waals surface area contributed by atoms with Crippen molar-refractivity contribution in [1.29, 1.82) is 0 Å². The van der Waals surface area contributed by atoms with Crippen LogP contribution in [0.25, 0.3) is 0 Å². The Morgan fingerprint density at radius 1 is 1.22 bits per heavy atom. The monoisotopic (exact) mass is 329 g/mol. The molecule has 1 aromatic rings. The maximum absolute atomic E-state index is 12.7. The van der Waals surface area contributed by atoms with Crippen LogP contribution in [0.4, 0.5) is 13.2 Å². The van der Waals surface area contributed by atoms with Gasteiger partial charge >= 0.3 is 6.18 Å². The number of nitrogens with zero attached hydrogens (tertiary/aromatic N) is 1. The zero-order valence-corrected chi connectivity index (χ0v) is 12.5. The van der Waals surface area contributed by atoms with Gasteiger partial charge in [-0.2, -0.15) is 13.2 Å². The van der Waals surface area contributed by atoms with Gasteiger partial charge in [0, 0.05) is 7.05 Å². The molecule has 0 aliphatic carbocycles. The van der Waals surface area contributed by atoms with E-state index >= 15 is 0 Å². The summed E-state index contributed by atoms with van der Waals surface area (Å²) in [6.45, 7) is -0.193. The molecule has 2 unspecified atom stereocenters. The third-order valence-electron chi connectivity index (χ3n) is 3.63. The molecule has 0 amide bonds. The first kappa shape index (κ1) is 17.4. The van der Waals surface area contributed by atoms with Gasteiger partial charge in [-0.1, -0.05) is 30.3 Å². The molecule has 1 heterocycles. The highest BCUT2D eigenvalue weighted by atomic mass is 19.4. The Morgan fingerprint density at radius 3 is 2.43 bits per heavy atom. The Hall–Kier alpha value is -1.99. The molecule has 23 heavy (non-hydrogen) atoms. The van der Waals surface area contributed by atoms with E-state index in [-0.39, 0.29) is 12.3 Å². The molecule has 0 aromatic heterocycles. The molecule has 2 rings (SSSR count). The molecule has 2 N–H and O–H groups in total. The van der Waals surface area contributed by atoms with Crippen molar-refractivity contribution in [2.45, 2.75) is 24.9 Å². The van der Waals surface area contributed by atoms with Gasteiger partial charge in [0.05, 0.1) is 12.3 Å². The number of alkyl halides is 3. The first-order valence-electron chi connectivity index (χ1n) is 7.01. The zero-order valence-electron chi connectivity index (χ0n) is 12.5. The Kier molecular flexibility index (Phi) is 5.33. The fraction of sp³-hybridized carbons (Fsp3) is 0.375. The van der Waals surface area contributed by atoms with E-state index in [1.165, 1.54) is 18.0 Å². The number of rotatable bonds is 5. The standard InChI is InChI=1S/C16H18F3NO3/c1-20-12(15(22)16(17,18)19)7-8-14(13(20)9-21)23-10-11-5-3-2-4-6-11/h2-8,13,15,21-22H,9-10H2,1H3. The third kappa shape index (κ3) is 4.05. The van der Waals surface area contributed by atoms with Crippen LogP contribution in [0.15, 0.2) is 53.9 Å². The van der Waals surface area contributed by atoms with Crippen molar-refractivity contribution in [3.05, 3.63) is 59.5 Å². The summed E-state index contributed by atoms with van der Waals surface area (Å²) >= 11 is 0. The van der Waals surface area contributed by atoms with Crippen molar-refractivity contribution in [3.63, 3.8) is 0 Å². The number of likely N-dealkylation sites (N-methyl/N-ethyl adjacent to an activating group) is 1. The van der Waals surface area contributed by atoms with Gasteiger partial charge in [-0.15, -0.1) is 0 Å². The van der Waals surface area contributed by atoms with Gasteiger partial charge in [-0.05, 0) is 17.7 Å². The number of ether oxygens (including phenoxy) is 1. The normalized spacial score (nSPS) is 19.9. The maximum atomic E-state index is 12.7. The van der Waals surface area contributed by atoms with Crippen LogP contribution >= 0.6 is 0 Å². The number of aliphatic hydroxyl groups excluding tert-OH is 2. The van der Waals surface area contributed by atoms with E-state index in [9.17, 15) is 23.4 Å². The molecule has 0 saturated heterocycles. The summed E-state index contributed by atoms with van der Waals surface area (Å²) in [4.78, 5) is 1.18. The average molecular weight is 329 g/mol. The lowest BCUT2D eigenvalue weighted by atomic mass is 10.1. The van der Waals surface area contributed by atoms with Crippen molar-refractivity contribution < 1.29 is 28.1 Å². The predicted octanol–water partition coefficient (Wildman–Crippen LogP) is 2.20. The van der Waals surface area contributed by atoms with Crippen molar-refractivity contribution in [3.8, 4) is 0 Å². The molecule has 0 radical (unpaired) electrons. The van der Waals surface area contributed by atoms with Gasteiger partial charge in [0.25, 0.3) is 0 Å². The van der Waals surface area contributed by atoms with Gasteiger partial charge in [0.15, 0.2) is 6.10 Å². The van der Waals surface area contributed by atoms with E-state index in [4.69, 9.17) is 4.74 Å². The third-order valence-corrected chi connectivity index (χ3v) is 3.63. The fourth-order valence-corrected chi connectivity index (χ4v) is 2.32. The molecule has 1 aliphatic heterocycles. The van der Waals surface area contributed by atoms with Crippen molar-refractivity contribution in [2.24, 2.45) is 0 Å². The van der Waals surface area contributed by atoms with Gasteiger partial charge < -0.3 is 19.8 Å². The Morgan fingerprint density at radius 2 is 1.87 bits per heavy atom. The van der Waals surface area contributed by atoms with Crippen LogP contribution in [0.3, 0.4) is 0 Å². The Balaban J connectivity index is 2.16. The quantitative estimate of drug-likeness (QED) is 0.870. The molecule has 0 bridgehead atoms. The van der Waals surface area contributed by atoms with E-state index < -0.39 is 24.9 Å². The SMILES string of the molecule is CN1C(C(O)C(F)(F)F)=CC=C(OCc2ccccc2)C1CO. The van der Waals surface area contributed by atoms with E-state index in [1.807, 2.05) is 30.3 Å². The highest BCUT2D eigenvalue weighted by Gasteiger charge is 2.44. The summed E-state index contributed by atoms with van der Waals surface area (Å²) in [5, 5.41) is 18.9. The largest absolute Gasteiger partial charge is 0.491 e. The second kappa shape index (κ2) is 7.06. The van der Waals surface area contributed by atoms with Crippen LogP contribution in [-0.4, -0.2) is 47.1 Å². The first-order valence-corrected chi connectivity index (χ1v) is 7.01. The minimum absolute atomic E-state index is 0.238. The number of allylic oxidation sites excluding steroid dienone is 2. The van der Waals surface area contributed by atoms with E-state index in [2.05, 4.69) is 0 Å². The Bertz CT molecular complexity index is 584. The van der Waals surface area contributed by atoms with Crippen molar-refractivity contribution >= 4 is 0 Å². The smallest absolute Gasteiger partial charge is 0.420 e. The molecule has 0 fully saturated rings. The van der Waals surface area contributed by atoms with Crippen LogP contribution in [0.2, 0.25) is 0 Å². The molecule has 126 valence electrons. The van der Waals surface area contributed by atoms with Crippen molar-refractivity contribution in [2.75, 3.05) is 13.7 Å². The molecular weight excluding hydrogens is 311 g/mol. The van der Waals surface area contributed by atoms with Crippen LogP contribution in [-0.2, 0) is 11.3 Å². The van der Waals surface area contributed by atoms with Crippen LogP contribution < -0.4 is 0 Å². The summed E-state index contributed by atoms with van der Waals surface area (Å²) in [5.41, 5.74) is 0.571. The van der Waals surface area contributed by atoms with Gasteiger partial charge in [-0.3, -0.25) is 0 Å². The summed E-state index contributed by atoms with van der Waals surface area (Å²) in [6, 6.07) is 8.49.